The first-order valence-corrected chi connectivity index (χ1v) is 10.4. The summed E-state index contributed by atoms with van der Waals surface area (Å²) in [5.41, 5.74) is 0. The molecule has 3 N–H and O–H groups in total. The first-order valence-electron chi connectivity index (χ1n) is 10.4. The maximum absolute atomic E-state index is 11.4. The molecule has 1 aliphatic rings. The standard InChI is InChI=1S/C20H36N2O5.Na.H2O/c1-2-3-4-5-6-7-8-9-10-11-18-21-12-13-22(18,16-19(23)24)14-15-27-17-20(25)26;;/h2-17H2,1H3,(H-,23,24,25,26);;1H2. The summed E-state index contributed by atoms with van der Waals surface area (Å²) >= 11 is 0. The predicted octanol–water partition coefficient (Wildman–Crippen LogP) is 2.76. The summed E-state index contributed by atoms with van der Waals surface area (Å²) < 4.78 is 5.46. The summed E-state index contributed by atoms with van der Waals surface area (Å²) in [6, 6.07) is 0. The molecule has 0 aromatic rings. The summed E-state index contributed by atoms with van der Waals surface area (Å²) in [4.78, 5) is 26.5. The van der Waals surface area contributed by atoms with Crippen molar-refractivity contribution in [2.45, 2.75) is 71.1 Å². The number of hydrogen-bond acceptors (Lipinski definition) is 5. The zero-order chi connectivity index (χ0) is 20.0. The van der Waals surface area contributed by atoms with Crippen LogP contribution in [0, 0.1) is 0 Å². The third-order valence-corrected chi connectivity index (χ3v) is 5.20. The van der Waals surface area contributed by atoms with E-state index < -0.39 is 11.9 Å². The van der Waals surface area contributed by atoms with Crippen molar-refractivity contribution in [1.29, 1.82) is 0 Å². The maximum atomic E-state index is 11.4. The van der Waals surface area contributed by atoms with Gasteiger partial charge in [-0.05, 0) is 6.42 Å². The SMILES string of the molecule is CCCCCCCCCCCC1=NCC[N+]1(CCOCC(=O)O)CC(=O)O.[Na].[OH-]. The summed E-state index contributed by atoms with van der Waals surface area (Å²) in [5.74, 6) is -0.918. The van der Waals surface area contributed by atoms with Crippen molar-refractivity contribution < 1.29 is 34.5 Å². The van der Waals surface area contributed by atoms with Gasteiger partial charge in [0.25, 0.3) is 0 Å². The Kier molecular flexibility index (Phi) is 19.3. The number of aliphatic imine (C=N–C) groups is 1. The average molecular weight is 426 g/mol. The van der Waals surface area contributed by atoms with Crippen LogP contribution in [0.15, 0.2) is 4.99 Å². The molecule has 1 radical (unpaired) electrons. The monoisotopic (exact) mass is 425 g/mol. The van der Waals surface area contributed by atoms with E-state index in [0.29, 0.717) is 24.1 Å². The summed E-state index contributed by atoms with van der Waals surface area (Å²) in [7, 11) is 0. The van der Waals surface area contributed by atoms with Gasteiger partial charge in [-0.15, -0.1) is 0 Å². The summed E-state index contributed by atoms with van der Waals surface area (Å²) in [6.07, 6.45) is 12.1. The number of hydrogen-bond donors (Lipinski definition) is 2. The number of carboxylic acids is 2. The molecule has 1 aliphatic heterocycles. The van der Waals surface area contributed by atoms with Gasteiger partial charge in [-0.1, -0.05) is 58.3 Å². The number of amidine groups is 1. The van der Waals surface area contributed by atoms with Gasteiger partial charge in [-0.3, -0.25) is 4.48 Å². The van der Waals surface area contributed by atoms with Gasteiger partial charge in [0.1, 0.15) is 19.7 Å². The van der Waals surface area contributed by atoms with Crippen molar-refractivity contribution in [1.82, 2.24) is 0 Å². The van der Waals surface area contributed by atoms with Crippen molar-refractivity contribution in [3.63, 3.8) is 0 Å². The van der Waals surface area contributed by atoms with E-state index in [0.717, 1.165) is 25.1 Å². The number of unbranched alkanes of at least 4 members (excludes halogenated alkanes) is 8. The minimum atomic E-state index is -1.01. The van der Waals surface area contributed by atoms with Crippen LogP contribution in [-0.4, -0.2) is 107 Å². The molecule has 0 aromatic carbocycles. The number of nitrogens with zero attached hydrogens (tertiary/aromatic N) is 2. The fourth-order valence-electron chi connectivity index (χ4n) is 3.71. The van der Waals surface area contributed by atoms with Crippen LogP contribution in [0.5, 0.6) is 0 Å². The van der Waals surface area contributed by atoms with E-state index in [1.54, 1.807) is 0 Å². The van der Waals surface area contributed by atoms with Gasteiger partial charge in [0, 0.05) is 36.0 Å². The van der Waals surface area contributed by atoms with Gasteiger partial charge in [0.05, 0.1) is 13.2 Å². The molecule has 0 fully saturated rings. The van der Waals surface area contributed by atoms with Crippen LogP contribution in [0.1, 0.15) is 71.1 Å². The number of aliphatic carboxylic acids is 2. The second-order valence-electron chi connectivity index (χ2n) is 7.47. The van der Waals surface area contributed by atoms with E-state index >= 15 is 0 Å². The Morgan fingerprint density at radius 1 is 1.00 bits per heavy atom. The number of rotatable bonds is 17. The van der Waals surface area contributed by atoms with Crippen LogP contribution in [0.4, 0.5) is 0 Å². The molecule has 9 heteroatoms. The van der Waals surface area contributed by atoms with Crippen LogP contribution in [0.25, 0.3) is 0 Å². The van der Waals surface area contributed by atoms with Crippen LogP contribution in [0.3, 0.4) is 0 Å². The van der Waals surface area contributed by atoms with Crippen LogP contribution in [0.2, 0.25) is 0 Å². The van der Waals surface area contributed by atoms with Crippen molar-refractivity contribution in [2.24, 2.45) is 4.99 Å². The van der Waals surface area contributed by atoms with Gasteiger partial charge < -0.3 is 20.4 Å². The quantitative estimate of drug-likeness (QED) is 0.210. The van der Waals surface area contributed by atoms with E-state index in [2.05, 4.69) is 11.9 Å². The van der Waals surface area contributed by atoms with Gasteiger partial charge >= 0.3 is 11.9 Å². The fraction of sp³-hybridized carbons (Fsp3) is 0.850. The topological polar surface area (TPSA) is 126 Å². The zero-order valence-corrected chi connectivity index (χ0v) is 20.3. The van der Waals surface area contributed by atoms with Crippen molar-refractivity contribution in [2.75, 3.05) is 39.4 Å². The van der Waals surface area contributed by atoms with Crippen LogP contribution < -0.4 is 0 Å². The van der Waals surface area contributed by atoms with Crippen molar-refractivity contribution in [3.05, 3.63) is 0 Å². The molecular formula is C20H38N2NaO6. The molecule has 1 atom stereocenters. The smallest absolute Gasteiger partial charge is 0.359 e. The normalized spacial score (nSPS) is 17.9. The minimum absolute atomic E-state index is 0. The van der Waals surface area contributed by atoms with Gasteiger partial charge in [0.15, 0.2) is 12.4 Å². The fourth-order valence-corrected chi connectivity index (χ4v) is 3.71. The second kappa shape index (κ2) is 18.3. The van der Waals surface area contributed by atoms with E-state index in [-0.39, 0.29) is 54.8 Å². The molecule has 0 spiro atoms. The van der Waals surface area contributed by atoms with Crippen LogP contribution in [-0.2, 0) is 14.3 Å². The first-order chi connectivity index (χ1) is 13.0. The molecule has 0 saturated heterocycles. The zero-order valence-electron chi connectivity index (χ0n) is 18.3. The van der Waals surface area contributed by atoms with Crippen molar-refractivity contribution >= 4 is 47.3 Å². The van der Waals surface area contributed by atoms with Gasteiger partial charge in [-0.2, -0.15) is 0 Å². The van der Waals surface area contributed by atoms with Gasteiger partial charge in [-0.25, -0.2) is 14.6 Å². The average Bonchev–Trinajstić information content (AvgIpc) is 2.99. The Balaban J connectivity index is 0. The van der Waals surface area contributed by atoms with Gasteiger partial charge in [0.2, 0.25) is 0 Å². The molecule has 0 amide bonds. The predicted molar refractivity (Wildman–Crippen MR) is 113 cm³/mol. The van der Waals surface area contributed by atoms with E-state index in [9.17, 15) is 14.7 Å². The second-order valence-corrected chi connectivity index (χ2v) is 7.47. The third-order valence-electron chi connectivity index (χ3n) is 5.20. The number of quaternary nitrogens is 1. The molecule has 1 rings (SSSR count). The summed E-state index contributed by atoms with van der Waals surface area (Å²) in [6.45, 7) is 3.87. The Bertz CT molecular complexity index is 490. The summed E-state index contributed by atoms with van der Waals surface area (Å²) in [5, 5.41) is 18.0. The maximum Gasteiger partial charge on any atom is 0.359 e. The molecule has 1 unspecified atom stereocenters. The largest absolute Gasteiger partial charge is 0.870 e. The van der Waals surface area contributed by atoms with Crippen LogP contribution >= 0.6 is 0 Å². The Morgan fingerprint density at radius 2 is 1.59 bits per heavy atom. The van der Waals surface area contributed by atoms with E-state index in [4.69, 9.17) is 9.84 Å². The third kappa shape index (κ3) is 13.4. The Morgan fingerprint density at radius 3 is 2.14 bits per heavy atom. The molecule has 0 aromatic heterocycles. The van der Waals surface area contributed by atoms with Crippen molar-refractivity contribution in [3.8, 4) is 0 Å². The minimum Gasteiger partial charge on any atom is -0.870 e. The van der Waals surface area contributed by atoms with E-state index in [1.807, 2.05) is 0 Å². The molecule has 1 heterocycles. The first kappa shape index (κ1) is 30.7. The number of carboxylic acid groups (broad SMARTS) is 2. The molecule has 29 heavy (non-hydrogen) atoms. The number of carbonyl (C=O) groups is 2. The number of ether oxygens (including phenoxy) is 1. The molecule has 165 valence electrons. The molecule has 0 saturated carbocycles. The Hall–Kier alpha value is -0.510. The molecule has 0 bridgehead atoms. The molecule has 8 nitrogen and oxygen atoms in total. The Labute approximate surface area is 196 Å². The molecular weight excluding hydrogens is 387 g/mol. The molecule has 0 aliphatic carbocycles. The van der Waals surface area contributed by atoms with E-state index in [1.165, 1.54) is 44.9 Å².